The summed E-state index contributed by atoms with van der Waals surface area (Å²) in [7, 11) is 0. The van der Waals surface area contributed by atoms with Crippen molar-refractivity contribution in [1.82, 2.24) is 5.32 Å². The maximum atomic E-state index is 10.5. The molecule has 2 aliphatic heterocycles. The largest absolute Gasteiger partial charge is 0.481 e. The second-order valence-electron chi connectivity index (χ2n) is 7.61. The van der Waals surface area contributed by atoms with E-state index in [0.29, 0.717) is 24.0 Å². The summed E-state index contributed by atoms with van der Waals surface area (Å²) in [5.74, 6) is 0.469. The predicted octanol–water partition coefficient (Wildman–Crippen LogP) is 3.68. The molecule has 0 amide bonds. The van der Waals surface area contributed by atoms with E-state index in [1.54, 1.807) is 0 Å². The summed E-state index contributed by atoms with van der Waals surface area (Å²) < 4.78 is 6.17. The smallest absolute Gasteiger partial charge is 0.303 e. The molecule has 27 heavy (non-hydrogen) atoms. The number of benzene rings is 1. The molecule has 2 saturated heterocycles. The third-order valence-electron chi connectivity index (χ3n) is 5.71. The quantitative estimate of drug-likeness (QED) is 0.386. The summed E-state index contributed by atoms with van der Waals surface area (Å²) >= 11 is 0. The Bertz CT molecular complexity index is 605. The Kier molecular flexibility index (Phi) is 7.72. The average Bonchev–Trinajstić information content (AvgIpc) is 3.27. The predicted molar refractivity (Wildman–Crippen MR) is 108 cm³/mol. The summed E-state index contributed by atoms with van der Waals surface area (Å²) in [6, 6.07) is 10.3. The highest BCUT2D eigenvalue weighted by Gasteiger charge is 2.47. The Morgan fingerprint density at radius 2 is 1.89 bits per heavy atom. The molecule has 2 heterocycles. The second-order valence-corrected chi connectivity index (χ2v) is 7.61. The number of carboxylic acids is 1. The van der Waals surface area contributed by atoms with E-state index in [0.717, 1.165) is 44.6 Å². The van der Waals surface area contributed by atoms with Gasteiger partial charge in [0.25, 0.3) is 0 Å². The highest BCUT2D eigenvalue weighted by Crippen LogP contribution is 2.44. The van der Waals surface area contributed by atoms with Gasteiger partial charge >= 0.3 is 5.97 Å². The van der Waals surface area contributed by atoms with E-state index in [1.165, 1.54) is 12.8 Å². The van der Waals surface area contributed by atoms with Gasteiger partial charge in [-0.25, -0.2) is 0 Å². The van der Waals surface area contributed by atoms with Crippen molar-refractivity contribution < 1.29 is 14.6 Å². The van der Waals surface area contributed by atoms with Crippen molar-refractivity contribution >= 4 is 11.7 Å². The van der Waals surface area contributed by atoms with Crippen LogP contribution >= 0.6 is 0 Å². The van der Waals surface area contributed by atoms with Crippen LogP contribution in [0.3, 0.4) is 0 Å². The molecule has 2 bridgehead atoms. The van der Waals surface area contributed by atoms with Crippen LogP contribution in [0.2, 0.25) is 0 Å². The Morgan fingerprint density at radius 1 is 1.11 bits per heavy atom. The normalized spacial score (nSPS) is 26.7. The highest BCUT2D eigenvalue weighted by molar-refractivity contribution is 5.66. The summed E-state index contributed by atoms with van der Waals surface area (Å²) in [6.07, 6.45) is 10.5. The van der Waals surface area contributed by atoms with Gasteiger partial charge in [-0.3, -0.25) is 4.79 Å². The minimum Gasteiger partial charge on any atom is -0.481 e. The summed E-state index contributed by atoms with van der Waals surface area (Å²) in [4.78, 5) is 10.5. The highest BCUT2D eigenvalue weighted by atomic mass is 16.5. The fraction of sp³-hybridized carbons (Fsp3) is 0.591. The van der Waals surface area contributed by atoms with Crippen molar-refractivity contribution in [1.29, 1.82) is 0 Å². The van der Waals surface area contributed by atoms with Crippen LogP contribution in [0.15, 0.2) is 42.5 Å². The maximum Gasteiger partial charge on any atom is 0.303 e. The van der Waals surface area contributed by atoms with Crippen LogP contribution in [0.4, 0.5) is 5.69 Å². The molecule has 0 saturated carbocycles. The van der Waals surface area contributed by atoms with Gasteiger partial charge in [0.2, 0.25) is 0 Å². The van der Waals surface area contributed by atoms with E-state index in [1.807, 2.05) is 18.2 Å². The van der Waals surface area contributed by atoms with Crippen molar-refractivity contribution in [2.45, 2.75) is 50.7 Å². The molecule has 0 spiro atoms. The fourth-order valence-electron chi connectivity index (χ4n) is 4.34. The van der Waals surface area contributed by atoms with Crippen LogP contribution in [0.1, 0.15) is 38.5 Å². The number of aliphatic carboxylic acids is 1. The van der Waals surface area contributed by atoms with Gasteiger partial charge in [0.05, 0.1) is 12.2 Å². The Balaban J connectivity index is 1.35. The standard InChI is InChI=1S/C22H32N2O3/c25-22(26)11-7-2-1-6-10-18-19(21-13-12-20(18)27-21)16-23-14-15-24-17-8-4-3-5-9-17/h1,3-6,8-9,18-21,23-24H,2,7,10-16H2,(H,25,26)/b6-1+. The third-order valence-corrected chi connectivity index (χ3v) is 5.71. The molecule has 0 aliphatic carbocycles. The van der Waals surface area contributed by atoms with Crippen LogP contribution in [-0.2, 0) is 9.53 Å². The zero-order valence-electron chi connectivity index (χ0n) is 16.0. The zero-order valence-corrected chi connectivity index (χ0v) is 16.0. The number of unbranched alkanes of at least 4 members (excludes halogenated alkanes) is 1. The second kappa shape index (κ2) is 10.5. The first-order valence-electron chi connectivity index (χ1n) is 10.3. The number of para-hydroxylation sites is 1. The van der Waals surface area contributed by atoms with Gasteiger partial charge in [0.1, 0.15) is 0 Å². The van der Waals surface area contributed by atoms with Crippen molar-refractivity contribution in [3.05, 3.63) is 42.5 Å². The van der Waals surface area contributed by atoms with Crippen LogP contribution < -0.4 is 10.6 Å². The van der Waals surface area contributed by atoms with Crippen LogP contribution in [0.5, 0.6) is 0 Å². The molecule has 0 radical (unpaired) electrons. The molecular weight excluding hydrogens is 340 g/mol. The van der Waals surface area contributed by atoms with Gasteiger partial charge in [-0.1, -0.05) is 30.4 Å². The lowest BCUT2D eigenvalue weighted by molar-refractivity contribution is -0.137. The third kappa shape index (κ3) is 6.08. The van der Waals surface area contributed by atoms with Crippen molar-refractivity contribution in [2.75, 3.05) is 25.0 Å². The minimum absolute atomic E-state index is 0.255. The van der Waals surface area contributed by atoms with Crippen LogP contribution in [0, 0.1) is 11.8 Å². The number of fused-ring (bicyclic) bond motifs is 2. The minimum atomic E-state index is -0.710. The Morgan fingerprint density at radius 3 is 2.67 bits per heavy atom. The monoisotopic (exact) mass is 372 g/mol. The molecule has 5 nitrogen and oxygen atoms in total. The average molecular weight is 373 g/mol. The summed E-state index contributed by atoms with van der Waals surface area (Å²) in [5.41, 5.74) is 1.16. The van der Waals surface area contributed by atoms with E-state index in [4.69, 9.17) is 9.84 Å². The molecule has 148 valence electrons. The number of rotatable bonds is 12. The molecule has 3 rings (SSSR count). The molecule has 1 aromatic carbocycles. The molecule has 4 unspecified atom stereocenters. The first-order chi connectivity index (χ1) is 13.2. The lowest BCUT2D eigenvalue weighted by atomic mass is 9.77. The van der Waals surface area contributed by atoms with Gasteiger partial charge in [0.15, 0.2) is 0 Å². The zero-order chi connectivity index (χ0) is 18.9. The van der Waals surface area contributed by atoms with Gasteiger partial charge in [0, 0.05) is 37.7 Å². The molecule has 5 heteroatoms. The van der Waals surface area contributed by atoms with E-state index < -0.39 is 5.97 Å². The lowest BCUT2D eigenvalue weighted by Crippen LogP contribution is -2.37. The number of hydrogen-bond donors (Lipinski definition) is 3. The van der Waals surface area contributed by atoms with E-state index >= 15 is 0 Å². The van der Waals surface area contributed by atoms with Crippen LogP contribution in [0.25, 0.3) is 0 Å². The number of carbonyl (C=O) groups is 1. The number of nitrogens with one attached hydrogen (secondary N) is 2. The number of hydrogen-bond acceptors (Lipinski definition) is 4. The molecule has 2 aliphatic rings. The molecular formula is C22H32N2O3. The van der Waals surface area contributed by atoms with Gasteiger partial charge in [-0.05, 0) is 50.2 Å². The first kappa shape index (κ1) is 19.9. The SMILES string of the molecule is O=C(O)CCC/C=C/CC1C2CCC(O2)C1CNCCNc1ccccc1. The maximum absolute atomic E-state index is 10.5. The van der Waals surface area contributed by atoms with Gasteiger partial charge < -0.3 is 20.5 Å². The van der Waals surface area contributed by atoms with Gasteiger partial charge in [-0.2, -0.15) is 0 Å². The summed E-state index contributed by atoms with van der Waals surface area (Å²) in [5, 5.41) is 15.7. The molecule has 3 N–H and O–H groups in total. The van der Waals surface area contributed by atoms with Crippen molar-refractivity contribution in [3.63, 3.8) is 0 Å². The summed E-state index contributed by atoms with van der Waals surface area (Å²) in [6.45, 7) is 2.87. The number of ether oxygens (including phenoxy) is 1. The number of allylic oxidation sites excluding steroid dienone is 2. The Labute approximate surface area is 162 Å². The van der Waals surface area contributed by atoms with Crippen molar-refractivity contribution in [3.8, 4) is 0 Å². The van der Waals surface area contributed by atoms with E-state index in [2.05, 4.69) is 34.9 Å². The topological polar surface area (TPSA) is 70.6 Å². The lowest BCUT2D eigenvalue weighted by Gasteiger charge is -2.27. The first-order valence-corrected chi connectivity index (χ1v) is 10.3. The van der Waals surface area contributed by atoms with E-state index in [-0.39, 0.29) is 6.42 Å². The molecule has 1 aromatic rings. The molecule has 4 atom stereocenters. The molecule has 0 aromatic heterocycles. The Hall–Kier alpha value is -1.85. The fourth-order valence-corrected chi connectivity index (χ4v) is 4.34. The number of carboxylic acid groups (broad SMARTS) is 1. The van der Waals surface area contributed by atoms with Gasteiger partial charge in [-0.15, -0.1) is 0 Å². The molecule has 2 fully saturated rings. The van der Waals surface area contributed by atoms with Crippen LogP contribution in [-0.4, -0.2) is 42.9 Å². The van der Waals surface area contributed by atoms with E-state index in [9.17, 15) is 4.79 Å². The van der Waals surface area contributed by atoms with Crippen molar-refractivity contribution in [2.24, 2.45) is 11.8 Å². The number of anilines is 1.